The second-order valence-electron chi connectivity index (χ2n) is 10.6. The molecule has 1 heterocycles. The molecule has 1 saturated carbocycles. The summed E-state index contributed by atoms with van der Waals surface area (Å²) in [4.78, 5) is 23.9. The van der Waals surface area contributed by atoms with Crippen LogP contribution in [-0.2, 0) is 19.4 Å². The van der Waals surface area contributed by atoms with E-state index in [1.54, 1.807) is 19.1 Å². The fourth-order valence-corrected chi connectivity index (χ4v) is 7.60. The average Bonchev–Trinajstić information content (AvgIpc) is 2.77. The van der Waals surface area contributed by atoms with Gasteiger partial charge in [-0.25, -0.2) is 8.42 Å². The molecule has 1 aliphatic carbocycles. The molecule has 1 aliphatic heterocycles. The van der Waals surface area contributed by atoms with Crippen molar-refractivity contribution in [1.29, 1.82) is 0 Å². The Balaban J connectivity index is 2.02. The number of ether oxygens (including phenoxy) is 1. The molecule has 7 nitrogen and oxygen atoms in total. The Bertz CT molecular complexity index is 1040. The van der Waals surface area contributed by atoms with Crippen LogP contribution in [0, 0.1) is 11.8 Å². The summed E-state index contributed by atoms with van der Waals surface area (Å²) in [5.74, 6) is 0.168. The van der Waals surface area contributed by atoms with Gasteiger partial charge >= 0.3 is 5.97 Å². The first-order chi connectivity index (χ1) is 16.4. The predicted octanol–water partition coefficient (Wildman–Crippen LogP) is 5.19. The summed E-state index contributed by atoms with van der Waals surface area (Å²) in [5, 5.41) is 6.00. The van der Waals surface area contributed by atoms with Gasteiger partial charge < -0.3 is 15.4 Å². The van der Waals surface area contributed by atoms with Gasteiger partial charge in [0.25, 0.3) is 0 Å². The zero-order chi connectivity index (χ0) is 25.9. The number of anilines is 1. The molecule has 1 aromatic rings. The molecular weight excluding hydrogens is 464 g/mol. The Kier molecular flexibility index (Phi) is 8.89. The number of esters is 1. The number of amides is 1. The standard InChI is InChI=1S/C27H42N2O5S/c1-7-8-9-10-16(2)18(4)35(32,33)22-14-25-27(26(15-22)34-20(6)31)24-13-21(29-19(5)30)11-12-23(24)17(3)28-25/h14-18,21,23-24,28H,7-13H2,1-6H3,(H,29,30). The molecule has 1 amide bonds. The summed E-state index contributed by atoms with van der Waals surface area (Å²) in [6.07, 6.45) is 6.61. The lowest BCUT2D eigenvalue weighted by Gasteiger charge is -2.45. The lowest BCUT2D eigenvalue weighted by atomic mass is 9.68. The Morgan fingerprint density at radius 3 is 2.51 bits per heavy atom. The van der Waals surface area contributed by atoms with Crippen molar-refractivity contribution in [3.8, 4) is 5.75 Å². The number of sulfone groups is 1. The van der Waals surface area contributed by atoms with Crippen LogP contribution in [-0.4, -0.2) is 37.6 Å². The predicted molar refractivity (Wildman–Crippen MR) is 138 cm³/mol. The van der Waals surface area contributed by atoms with Gasteiger partial charge in [-0.15, -0.1) is 0 Å². The second-order valence-corrected chi connectivity index (χ2v) is 12.9. The quantitative estimate of drug-likeness (QED) is 0.271. The first-order valence-electron chi connectivity index (χ1n) is 13.1. The Hall–Kier alpha value is -2.09. The van der Waals surface area contributed by atoms with E-state index >= 15 is 0 Å². The highest BCUT2D eigenvalue weighted by molar-refractivity contribution is 7.92. The van der Waals surface area contributed by atoms with Crippen molar-refractivity contribution in [3.63, 3.8) is 0 Å². The van der Waals surface area contributed by atoms with Crippen LogP contribution in [0.25, 0.3) is 0 Å². The Morgan fingerprint density at radius 1 is 1.17 bits per heavy atom. The van der Waals surface area contributed by atoms with Crippen LogP contribution >= 0.6 is 0 Å². The van der Waals surface area contributed by atoms with E-state index in [2.05, 4.69) is 24.5 Å². The van der Waals surface area contributed by atoms with E-state index < -0.39 is 21.1 Å². The molecule has 8 heteroatoms. The van der Waals surface area contributed by atoms with Crippen molar-refractivity contribution >= 4 is 27.4 Å². The van der Waals surface area contributed by atoms with Gasteiger partial charge in [-0.1, -0.05) is 33.1 Å². The lowest BCUT2D eigenvalue weighted by molar-refractivity contribution is -0.132. The highest BCUT2D eigenvalue weighted by atomic mass is 32.2. The maximum Gasteiger partial charge on any atom is 0.308 e. The third-order valence-electron chi connectivity index (χ3n) is 7.96. The third kappa shape index (κ3) is 6.19. The molecule has 2 N–H and O–H groups in total. The van der Waals surface area contributed by atoms with Crippen LogP contribution in [0.15, 0.2) is 17.0 Å². The molecule has 196 valence electrons. The second kappa shape index (κ2) is 11.3. The van der Waals surface area contributed by atoms with Crippen LogP contribution in [0.2, 0.25) is 0 Å². The topological polar surface area (TPSA) is 102 Å². The van der Waals surface area contributed by atoms with Gasteiger partial charge in [0.1, 0.15) is 5.75 Å². The fourth-order valence-electron chi connectivity index (χ4n) is 5.87. The van der Waals surface area contributed by atoms with Gasteiger partial charge in [-0.2, -0.15) is 0 Å². The molecule has 0 spiro atoms. The van der Waals surface area contributed by atoms with Gasteiger partial charge in [0.15, 0.2) is 9.84 Å². The molecule has 1 fully saturated rings. The number of carbonyl (C=O) groups is 2. The SMILES string of the molecule is CCCCCC(C)C(C)S(=O)(=O)c1cc2c(c(OC(C)=O)c1)C1CC(NC(C)=O)CCC1C(C)N2. The van der Waals surface area contributed by atoms with Crippen molar-refractivity contribution in [2.45, 2.75) is 115 Å². The summed E-state index contributed by atoms with van der Waals surface area (Å²) in [7, 11) is -3.63. The average molecular weight is 507 g/mol. The highest BCUT2D eigenvalue weighted by Gasteiger charge is 2.42. The molecule has 6 atom stereocenters. The number of fused-ring (bicyclic) bond motifs is 3. The Morgan fingerprint density at radius 2 is 1.89 bits per heavy atom. The number of nitrogens with one attached hydrogen (secondary N) is 2. The van der Waals surface area contributed by atoms with E-state index in [1.807, 2.05) is 6.92 Å². The first-order valence-corrected chi connectivity index (χ1v) is 14.6. The number of hydrogen-bond acceptors (Lipinski definition) is 6. The summed E-state index contributed by atoms with van der Waals surface area (Å²) in [6, 6.07) is 3.45. The normalized spacial score (nSPS) is 25.4. The largest absolute Gasteiger partial charge is 0.426 e. The van der Waals surface area contributed by atoms with E-state index in [1.165, 1.54) is 13.8 Å². The van der Waals surface area contributed by atoms with Gasteiger partial charge in [0.2, 0.25) is 5.91 Å². The molecule has 2 aliphatic rings. The smallest absolute Gasteiger partial charge is 0.308 e. The molecule has 0 radical (unpaired) electrons. The fraction of sp³-hybridized carbons (Fsp3) is 0.704. The maximum atomic E-state index is 13.7. The molecule has 0 bridgehead atoms. The van der Waals surface area contributed by atoms with Crippen LogP contribution in [0.3, 0.4) is 0 Å². The van der Waals surface area contributed by atoms with Crippen molar-refractivity contribution in [1.82, 2.24) is 5.32 Å². The van der Waals surface area contributed by atoms with Crippen molar-refractivity contribution in [2.24, 2.45) is 11.8 Å². The minimum absolute atomic E-state index is 0.0211. The number of hydrogen-bond donors (Lipinski definition) is 2. The first kappa shape index (κ1) is 27.5. The van der Waals surface area contributed by atoms with Crippen LogP contribution < -0.4 is 15.4 Å². The van der Waals surface area contributed by atoms with E-state index in [-0.39, 0.29) is 34.7 Å². The van der Waals surface area contributed by atoms with Crippen LogP contribution in [0.4, 0.5) is 5.69 Å². The Labute approximate surface area is 210 Å². The zero-order valence-corrected chi connectivity index (χ0v) is 22.8. The van der Waals surface area contributed by atoms with Gasteiger partial charge in [-0.05, 0) is 69.4 Å². The van der Waals surface area contributed by atoms with E-state index in [4.69, 9.17) is 4.74 Å². The van der Waals surface area contributed by atoms with Crippen LogP contribution in [0.1, 0.15) is 98.0 Å². The monoisotopic (exact) mass is 506 g/mol. The molecule has 6 unspecified atom stereocenters. The van der Waals surface area contributed by atoms with Crippen LogP contribution in [0.5, 0.6) is 5.75 Å². The number of rotatable bonds is 9. The summed E-state index contributed by atoms with van der Waals surface area (Å²) >= 11 is 0. The van der Waals surface area contributed by atoms with E-state index in [0.717, 1.165) is 50.5 Å². The van der Waals surface area contributed by atoms with Gasteiger partial charge in [0.05, 0.1) is 10.1 Å². The lowest BCUT2D eigenvalue weighted by Crippen LogP contribution is -2.45. The van der Waals surface area contributed by atoms with E-state index in [0.29, 0.717) is 17.4 Å². The number of benzene rings is 1. The highest BCUT2D eigenvalue weighted by Crippen LogP contribution is 2.51. The molecular formula is C27H42N2O5S. The molecule has 35 heavy (non-hydrogen) atoms. The minimum Gasteiger partial charge on any atom is -0.426 e. The van der Waals surface area contributed by atoms with E-state index in [9.17, 15) is 18.0 Å². The molecule has 0 aromatic heterocycles. The van der Waals surface area contributed by atoms with Crippen molar-refractivity contribution in [2.75, 3.05) is 5.32 Å². The molecule has 0 saturated heterocycles. The third-order valence-corrected chi connectivity index (χ3v) is 10.3. The zero-order valence-electron chi connectivity index (χ0n) is 22.0. The van der Waals surface area contributed by atoms with Gasteiger partial charge in [-0.3, -0.25) is 9.59 Å². The summed E-state index contributed by atoms with van der Waals surface area (Å²) < 4.78 is 32.9. The van der Waals surface area contributed by atoms with Crippen molar-refractivity contribution < 1.29 is 22.7 Å². The summed E-state index contributed by atoms with van der Waals surface area (Å²) in [5.41, 5.74) is 1.56. The van der Waals surface area contributed by atoms with Crippen molar-refractivity contribution in [3.05, 3.63) is 17.7 Å². The molecule has 1 aromatic carbocycles. The van der Waals surface area contributed by atoms with Gasteiger partial charge in [0, 0.05) is 37.2 Å². The molecule has 3 rings (SSSR count). The summed E-state index contributed by atoms with van der Waals surface area (Å²) in [6.45, 7) is 10.9. The number of unbranched alkanes of at least 4 members (excludes halogenated alkanes) is 2. The number of carbonyl (C=O) groups excluding carboxylic acids is 2. The minimum atomic E-state index is -3.63. The maximum absolute atomic E-state index is 13.7.